The van der Waals surface area contributed by atoms with Gasteiger partial charge in [0.25, 0.3) is 0 Å². The summed E-state index contributed by atoms with van der Waals surface area (Å²) in [5.74, 6) is 0. The molecule has 2 unspecified atom stereocenters. The van der Waals surface area contributed by atoms with Crippen molar-refractivity contribution >= 4 is 6.09 Å². The highest BCUT2D eigenvalue weighted by Crippen LogP contribution is 2.11. The number of ether oxygens (including phenoxy) is 1. The highest BCUT2D eigenvalue weighted by Gasteiger charge is 2.23. The van der Waals surface area contributed by atoms with Crippen LogP contribution in [0, 0.1) is 0 Å². The largest absolute Gasteiger partial charge is 0.445 e. The fourth-order valence-corrected chi connectivity index (χ4v) is 2.37. The van der Waals surface area contributed by atoms with Gasteiger partial charge in [0, 0.05) is 0 Å². The van der Waals surface area contributed by atoms with Gasteiger partial charge in [0.05, 0.1) is 12.1 Å². The van der Waals surface area contributed by atoms with Crippen molar-refractivity contribution in [1.82, 2.24) is 5.32 Å². The number of alkyl carbamates (subject to hydrolysis) is 1. The first-order chi connectivity index (χ1) is 11.6. The van der Waals surface area contributed by atoms with Crippen molar-refractivity contribution in [2.24, 2.45) is 0 Å². The lowest BCUT2D eigenvalue weighted by Crippen LogP contribution is -2.45. The Hall–Kier alpha value is -2.59. The molecule has 2 aromatic carbocycles. The predicted molar refractivity (Wildman–Crippen MR) is 94.5 cm³/mol. The number of amides is 1. The van der Waals surface area contributed by atoms with Crippen molar-refractivity contribution in [1.29, 1.82) is 0 Å². The summed E-state index contributed by atoms with van der Waals surface area (Å²) >= 11 is 0. The summed E-state index contributed by atoms with van der Waals surface area (Å²) in [7, 11) is 0. The van der Waals surface area contributed by atoms with E-state index >= 15 is 0 Å². The maximum absolute atomic E-state index is 12.1. The van der Waals surface area contributed by atoms with E-state index in [1.807, 2.05) is 60.7 Å². The zero-order valence-corrected chi connectivity index (χ0v) is 13.8. The number of hydrogen-bond acceptors (Lipinski definition) is 3. The Labute approximate surface area is 142 Å². The highest BCUT2D eigenvalue weighted by atomic mass is 16.5. The molecule has 0 saturated carbocycles. The van der Waals surface area contributed by atoms with Crippen LogP contribution >= 0.6 is 0 Å². The first kappa shape index (κ1) is 17.8. The zero-order chi connectivity index (χ0) is 17.4. The quantitative estimate of drug-likeness (QED) is 0.767. The normalized spacial score (nSPS) is 12.9. The molecule has 2 aromatic rings. The second-order valence-electron chi connectivity index (χ2n) is 5.79. The Morgan fingerprint density at radius 1 is 1.08 bits per heavy atom. The molecule has 0 heterocycles. The van der Waals surface area contributed by atoms with Crippen LogP contribution in [0.2, 0.25) is 0 Å². The molecule has 0 fully saturated rings. The Balaban J connectivity index is 1.96. The fourth-order valence-electron chi connectivity index (χ4n) is 2.37. The van der Waals surface area contributed by atoms with E-state index in [0.29, 0.717) is 12.0 Å². The second-order valence-corrected chi connectivity index (χ2v) is 5.79. The van der Waals surface area contributed by atoms with Crippen LogP contribution in [0.15, 0.2) is 72.8 Å². The van der Waals surface area contributed by atoms with Gasteiger partial charge in [-0.15, -0.1) is 0 Å². The average molecular weight is 325 g/mol. The highest BCUT2D eigenvalue weighted by molar-refractivity contribution is 5.67. The van der Waals surface area contributed by atoms with Gasteiger partial charge >= 0.3 is 6.09 Å². The molecule has 1 amide bonds. The summed E-state index contributed by atoms with van der Waals surface area (Å²) in [4.78, 5) is 12.1. The predicted octanol–water partition coefficient (Wildman–Crippen LogP) is 3.46. The molecule has 2 atom stereocenters. The van der Waals surface area contributed by atoms with Crippen LogP contribution in [-0.4, -0.2) is 23.3 Å². The molecule has 0 saturated heterocycles. The van der Waals surface area contributed by atoms with Gasteiger partial charge < -0.3 is 15.2 Å². The van der Waals surface area contributed by atoms with Crippen molar-refractivity contribution in [3.05, 3.63) is 83.9 Å². The van der Waals surface area contributed by atoms with E-state index in [9.17, 15) is 9.90 Å². The molecule has 0 radical (unpaired) electrons. The number of benzene rings is 2. The molecule has 0 aliphatic heterocycles. The van der Waals surface area contributed by atoms with Gasteiger partial charge in [0.1, 0.15) is 6.61 Å². The maximum atomic E-state index is 12.1. The summed E-state index contributed by atoms with van der Waals surface area (Å²) in [5.41, 5.74) is 2.53. The molecule has 24 heavy (non-hydrogen) atoms. The zero-order valence-electron chi connectivity index (χ0n) is 13.8. The van der Waals surface area contributed by atoms with Crippen molar-refractivity contribution in [2.75, 3.05) is 0 Å². The van der Waals surface area contributed by atoms with Crippen molar-refractivity contribution in [2.45, 2.75) is 32.1 Å². The third kappa shape index (κ3) is 5.56. The lowest BCUT2D eigenvalue weighted by Gasteiger charge is -2.24. The molecule has 4 heteroatoms. The third-order valence-corrected chi connectivity index (χ3v) is 3.70. The van der Waals surface area contributed by atoms with Crippen LogP contribution in [0.3, 0.4) is 0 Å². The Bertz CT molecular complexity index is 655. The maximum Gasteiger partial charge on any atom is 0.407 e. The minimum absolute atomic E-state index is 0.188. The molecule has 0 bridgehead atoms. The minimum atomic E-state index is -0.838. The standard InChI is InChI=1S/C20H23NO3/c1-15(2)19(22)18(13-16-9-5-3-6-10-16)21-20(23)24-14-17-11-7-4-8-12-17/h3-12,18-19,22H,1,13-14H2,2H3,(H,21,23). The average Bonchev–Trinajstić information content (AvgIpc) is 2.60. The van der Waals surface area contributed by atoms with E-state index in [4.69, 9.17) is 4.74 Å². The van der Waals surface area contributed by atoms with Gasteiger partial charge in [-0.05, 0) is 24.5 Å². The number of nitrogens with one attached hydrogen (secondary N) is 1. The number of carbonyl (C=O) groups is 1. The molecule has 2 N–H and O–H groups in total. The van der Waals surface area contributed by atoms with Crippen LogP contribution in [0.1, 0.15) is 18.1 Å². The Morgan fingerprint density at radius 2 is 1.62 bits per heavy atom. The molecule has 2 rings (SSSR count). The summed E-state index contributed by atoms with van der Waals surface area (Å²) in [6.07, 6.45) is -0.899. The van der Waals surface area contributed by atoms with E-state index in [0.717, 1.165) is 11.1 Å². The van der Waals surface area contributed by atoms with Crippen LogP contribution in [0.25, 0.3) is 0 Å². The first-order valence-corrected chi connectivity index (χ1v) is 7.91. The number of rotatable bonds is 7. The number of aliphatic hydroxyl groups is 1. The lowest BCUT2D eigenvalue weighted by atomic mass is 9.98. The van der Waals surface area contributed by atoms with E-state index in [-0.39, 0.29) is 6.61 Å². The van der Waals surface area contributed by atoms with Crippen LogP contribution in [0.4, 0.5) is 4.79 Å². The third-order valence-electron chi connectivity index (χ3n) is 3.70. The second kappa shape index (κ2) is 8.89. The van der Waals surface area contributed by atoms with Gasteiger partial charge in [-0.25, -0.2) is 4.79 Å². The van der Waals surface area contributed by atoms with Crippen molar-refractivity contribution < 1.29 is 14.6 Å². The summed E-state index contributed by atoms with van der Waals surface area (Å²) in [6, 6.07) is 18.6. The van der Waals surface area contributed by atoms with Crippen LogP contribution in [0.5, 0.6) is 0 Å². The summed E-state index contributed by atoms with van der Waals surface area (Å²) in [5, 5.41) is 13.1. The van der Waals surface area contributed by atoms with E-state index < -0.39 is 18.2 Å². The molecule has 0 aliphatic rings. The van der Waals surface area contributed by atoms with E-state index in [1.54, 1.807) is 6.92 Å². The number of hydrogen-bond donors (Lipinski definition) is 2. The first-order valence-electron chi connectivity index (χ1n) is 7.91. The lowest BCUT2D eigenvalue weighted by molar-refractivity contribution is 0.115. The van der Waals surface area contributed by atoms with Gasteiger partial charge in [0.2, 0.25) is 0 Å². The smallest absolute Gasteiger partial charge is 0.407 e. The molecular weight excluding hydrogens is 302 g/mol. The number of carbonyl (C=O) groups excluding carboxylic acids is 1. The SMILES string of the molecule is C=C(C)C(O)C(Cc1ccccc1)NC(=O)OCc1ccccc1. The fraction of sp³-hybridized carbons (Fsp3) is 0.250. The van der Waals surface area contributed by atoms with Crippen molar-refractivity contribution in [3.8, 4) is 0 Å². The van der Waals surface area contributed by atoms with Gasteiger partial charge in [-0.2, -0.15) is 0 Å². The monoisotopic (exact) mass is 325 g/mol. The van der Waals surface area contributed by atoms with Crippen LogP contribution in [-0.2, 0) is 17.8 Å². The molecule has 0 aromatic heterocycles. The van der Waals surface area contributed by atoms with E-state index in [1.165, 1.54) is 0 Å². The molecule has 4 nitrogen and oxygen atoms in total. The van der Waals surface area contributed by atoms with Gasteiger partial charge in [-0.1, -0.05) is 72.8 Å². The molecular formula is C20H23NO3. The molecule has 0 spiro atoms. The Morgan fingerprint density at radius 3 is 2.17 bits per heavy atom. The molecule has 0 aliphatic carbocycles. The summed E-state index contributed by atoms with van der Waals surface area (Å²) in [6.45, 7) is 5.70. The Kier molecular flexibility index (Phi) is 6.58. The van der Waals surface area contributed by atoms with Gasteiger partial charge in [-0.3, -0.25) is 0 Å². The van der Waals surface area contributed by atoms with Crippen molar-refractivity contribution in [3.63, 3.8) is 0 Å². The summed E-state index contributed by atoms with van der Waals surface area (Å²) < 4.78 is 5.24. The van der Waals surface area contributed by atoms with Crippen LogP contribution < -0.4 is 5.32 Å². The molecule has 126 valence electrons. The topological polar surface area (TPSA) is 58.6 Å². The van der Waals surface area contributed by atoms with E-state index in [2.05, 4.69) is 11.9 Å². The van der Waals surface area contributed by atoms with Gasteiger partial charge in [0.15, 0.2) is 0 Å². The minimum Gasteiger partial charge on any atom is -0.445 e. The number of aliphatic hydroxyl groups excluding tert-OH is 1.